The molecule has 4 nitrogen and oxygen atoms in total. The van der Waals surface area contributed by atoms with Crippen LogP contribution in [-0.2, 0) is 13.1 Å². The maximum atomic E-state index is 12.8. The lowest BCUT2D eigenvalue weighted by Gasteiger charge is -2.32. The van der Waals surface area contributed by atoms with E-state index in [1.807, 2.05) is 36.4 Å². The van der Waals surface area contributed by atoms with Crippen LogP contribution in [0.1, 0.15) is 24.8 Å². The number of nitrogens with zero attached hydrogens (tertiary/aromatic N) is 3. The van der Waals surface area contributed by atoms with E-state index in [4.69, 9.17) is 0 Å². The third-order valence-electron chi connectivity index (χ3n) is 5.70. The van der Waals surface area contributed by atoms with E-state index in [2.05, 4.69) is 40.3 Å². The van der Waals surface area contributed by atoms with Gasteiger partial charge in [0, 0.05) is 19.3 Å². The largest absolute Gasteiger partial charge is 0.299 e. The van der Waals surface area contributed by atoms with Crippen LogP contribution in [0.5, 0.6) is 0 Å². The number of aryl methyl sites for hydroxylation is 1. The lowest BCUT2D eigenvalue weighted by atomic mass is 9.93. The van der Waals surface area contributed by atoms with Gasteiger partial charge in [-0.3, -0.25) is 9.69 Å². The first-order valence-corrected chi connectivity index (χ1v) is 10.2. The molecule has 3 aromatic rings. The minimum atomic E-state index is 0.00946. The molecular formula is C24H27N3O. The monoisotopic (exact) mass is 373 g/mol. The lowest BCUT2D eigenvalue weighted by molar-refractivity contribution is 0.168. The Hall–Kier alpha value is -2.72. The fraction of sp³-hybridized carbons (Fsp3) is 0.333. The number of hydrogen-bond acceptors (Lipinski definition) is 3. The van der Waals surface area contributed by atoms with Crippen molar-refractivity contribution in [2.75, 3.05) is 13.1 Å². The van der Waals surface area contributed by atoms with Gasteiger partial charge in [-0.15, -0.1) is 0 Å². The van der Waals surface area contributed by atoms with Crippen LogP contribution in [0.25, 0.3) is 11.1 Å². The molecule has 28 heavy (non-hydrogen) atoms. The first kappa shape index (κ1) is 18.6. The second kappa shape index (κ2) is 8.98. The molecule has 0 amide bonds. The summed E-state index contributed by atoms with van der Waals surface area (Å²) in [6.45, 7) is 3.99. The van der Waals surface area contributed by atoms with Crippen molar-refractivity contribution in [2.45, 2.75) is 32.4 Å². The molecule has 0 unspecified atom stereocenters. The summed E-state index contributed by atoms with van der Waals surface area (Å²) in [5.74, 6) is 0.668. The van der Waals surface area contributed by atoms with Crippen LogP contribution in [-0.4, -0.2) is 27.8 Å². The summed E-state index contributed by atoms with van der Waals surface area (Å²) in [6.07, 6.45) is 5.15. The number of hydrogen-bond donors (Lipinski definition) is 0. The third kappa shape index (κ3) is 4.57. The van der Waals surface area contributed by atoms with E-state index < -0.39 is 0 Å². The van der Waals surface area contributed by atoms with Crippen LogP contribution in [0.3, 0.4) is 0 Å². The average Bonchev–Trinajstić information content (AvgIpc) is 2.75. The highest BCUT2D eigenvalue weighted by molar-refractivity contribution is 5.61. The standard InChI is InChI=1S/C24H27N3O/c28-24-23(22-9-5-2-6-10-22)11-15-25-27(24)18-14-20-12-16-26(17-13-20)19-21-7-3-1-4-8-21/h1-11,15,20H,12-14,16-19H2. The van der Waals surface area contributed by atoms with Gasteiger partial charge in [0.15, 0.2) is 0 Å². The molecule has 1 aliphatic rings. The molecule has 2 aromatic carbocycles. The van der Waals surface area contributed by atoms with Crippen LogP contribution >= 0.6 is 0 Å². The van der Waals surface area contributed by atoms with Crippen molar-refractivity contribution in [1.29, 1.82) is 0 Å². The van der Waals surface area contributed by atoms with E-state index in [1.165, 1.54) is 18.4 Å². The zero-order valence-electron chi connectivity index (χ0n) is 16.2. The zero-order chi connectivity index (χ0) is 19.2. The Bertz CT molecular complexity index is 929. The minimum absolute atomic E-state index is 0.00946. The molecule has 1 aliphatic heterocycles. The van der Waals surface area contributed by atoms with Gasteiger partial charge in [-0.25, -0.2) is 4.68 Å². The molecule has 0 bridgehead atoms. The fourth-order valence-electron chi connectivity index (χ4n) is 4.03. The topological polar surface area (TPSA) is 38.1 Å². The first-order valence-electron chi connectivity index (χ1n) is 10.2. The molecule has 1 fully saturated rings. The molecule has 144 valence electrons. The molecule has 4 rings (SSSR count). The number of piperidine rings is 1. The van der Waals surface area contributed by atoms with Crippen molar-refractivity contribution in [2.24, 2.45) is 5.92 Å². The SMILES string of the molecule is O=c1c(-c2ccccc2)ccnn1CCC1CCN(Cc2ccccc2)CC1. The van der Waals surface area contributed by atoms with Crippen LogP contribution in [0, 0.1) is 5.92 Å². The second-order valence-corrected chi connectivity index (χ2v) is 7.63. The Morgan fingerprint density at radius 1 is 0.893 bits per heavy atom. The van der Waals surface area contributed by atoms with Crippen LogP contribution in [0.2, 0.25) is 0 Å². The van der Waals surface area contributed by atoms with E-state index in [0.29, 0.717) is 12.5 Å². The second-order valence-electron chi connectivity index (χ2n) is 7.63. The van der Waals surface area contributed by atoms with Crippen LogP contribution in [0.4, 0.5) is 0 Å². The molecule has 0 N–H and O–H groups in total. The van der Waals surface area contributed by atoms with Gasteiger partial charge in [-0.05, 0) is 55.5 Å². The summed E-state index contributed by atoms with van der Waals surface area (Å²) < 4.78 is 1.64. The van der Waals surface area contributed by atoms with Crippen molar-refractivity contribution in [3.05, 3.63) is 88.8 Å². The Morgan fingerprint density at radius 3 is 2.29 bits per heavy atom. The highest BCUT2D eigenvalue weighted by atomic mass is 16.1. The number of benzene rings is 2. The third-order valence-corrected chi connectivity index (χ3v) is 5.70. The number of likely N-dealkylation sites (tertiary alicyclic amines) is 1. The van der Waals surface area contributed by atoms with Gasteiger partial charge in [-0.2, -0.15) is 5.10 Å². The van der Waals surface area contributed by atoms with Crippen LogP contribution < -0.4 is 5.56 Å². The maximum Gasteiger partial charge on any atom is 0.274 e. The summed E-state index contributed by atoms with van der Waals surface area (Å²) >= 11 is 0. The zero-order valence-corrected chi connectivity index (χ0v) is 16.2. The van der Waals surface area contributed by atoms with Crippen molar-refractivity contribution in [3.63, 3.8) is 0 Å². The summed E-state index contributed by atoms with van der Waals surface area (Å²) in [7, 11) is 0. The smallest absolute Gasteiger partial charge is 0.274 e. The Balaban J connectivity index is 1.32. The van der Waals surface area contributed by atoms with E-state index >= 15 is 0 Å². The highest BCUT2D eigenvalue weighted by Crippen LogP contribution is 2.22. The van der Waals surface area contributed by atoms with Gasteiger partial charge in [0.25, 0.3) is 5.56 Å². The Morgan fingerprint density at radius 2 is 1.57 bits per heavy atom. The van der Waals surface area contributed by atoms with Crippen molar-refractivity contribution >= 4 is 0 Å². The average molecular weight is 374 g/mol. The predicted molar refractivity (Wildman–Crippen MR) is 113 cm³/mol. The molecule has 0 atom stereocenters. The summed E-state index contributed by atoms with van der Waals surface area (Å²) in [4.78, 5) is 15.3. The van der Waals surface area contributed by atoms with Gasteiger partial charge in [0.1, 0.15) is 0 Å². The van der Waals surface area contributed by atoms with Gasteiger partial charge in [-0.1, -0.05) is 60.7 Å². The fourth-order valence-corrected chi connectivity index (χ4v) is 4.03. The Kier molecular flexibility index (Phi) is 5.98. The van der Waals surface area contributed by atoms with Crippen molar-refractivity contribution in [3.8, 4) is 11.1 Å². The predicted octanol–water partition coefficient (Wildman–Crippen LogP) is 4.21. The van der Waals surface area contributed by atoms with Gasteiger partial charge in [0.05, 0.1) is 5.56 Å². The normalized spacial score (nSPS) is 15.6. The Labute approximate surface area is 166 Å². The van der Waals surface area contributed by atoms with E-state index in [-0.39, 0.29) is 5.56 Å². The van der Waals surface area contributed by atoms with Gasteiger partial charge in [0.2, 0.25) is 0 Å². The van der Waals surface area contributed by atoms with E-state index in [0.717, 1.165) is 37.2 Å². The molecule has 0 aliphatic carbocycles. The lowest BCUT2D eigenvalue weighted by Crippen LogP contribution is -2.34. The molecular weight excluding hydrogens is 346 g/mol. The van der Waals surface area contributed by atoms with Crippen LogP contribution in [0.15, 0.2) is 77.7 Å². The minimum Gasteiger partial charge on any atom is -0.299 e. The van der Waals surface area contributed by atoms with Gasteiger partial charge >= 0.3 is 0 Å². The summed E-state index contributed by atoms with van der Waals surface area (Å²) in [6, 6.07) is 22.3. The molecule has 1 aromatic heterocycles. The van der Waals surface area contributed by atoms with Gasteiger partial charge < -0.3 is 0 Å². The van der Waals surface area contributed by atoms with Crippen molar-refractivity contribution < 1.29 is 0 Å². The molecule has 4 heteroatoms. The number of aromatic nitrogens is 2. The highest BCUT2D eigenvalue weighted by Gasteiger charge is 2.19. The molecule has 1 saturated heterocycles. The quantitative estimate of drug-likeness (QED) is 0.649. The first-order chi connectivity index (χ1) is 13.8. The molecule has 0 saturated carbocycles. The number of rotatable bonds is 6. The summed E-state index contributed by atoms with van der Waals surface area (Å²) in [5.41, 5.74) is 3.08. The van der Waals surface area contributed by atoms with E-state index in [1.54, 1.807) is 10.9 Å². The van der Waals surface area contributed by atoms with Crippen molar-refractivity contribution in [1.82, 2.24) is 14.7 Å². The maximum absolute atomic E-state index is 12.8. The molecule has 0 radical (unpaired) electrons. The van der Waals surface area contributed by atoms with E-state index in [9.17, 15) is 4.79 Å². The summed E-state index contributed by atoms with van der Waals surface area (Å²) in [5, 5.41) is 4.31. The molecule has 0 spiro atoms. The molecule has 2 heterocycles.